The molecule has 3 rings (SSSR count). The molecular weight excluding hydrogens is 264 g/mol. The maximum Gasteiger partial charge on any atom is 0.339 e. The Bertz CT molecular complexity index is 731. The fourth-order valence-electron chi connectivity index (χ4n) is 2.57. The van der Waals surface area contributed by atoms with Gasteiger partial charge in [0.2, 0.25) is 0 Å². The van der Waals surface area contributed by atoms with Crippen LogP contribution in [0.5, 0.6) is 0 Å². The number of hydrogen-bond acceptors (Lipinski definition) is 3. The molecule has 0 radical (unpaired) electrons. The molecule has 1 atom stereocenters. The van der Waals surface area contributed by atoms with Crippen LogP contribution >= 0.6 is 0 Å². The standard InChI is InChI=1S/C18H16O3/c1-11-7-8-13(9-12(11)2)16(19)10-17-14-5-3-4-6-15(14)18(20)21-17/h3-9,17H,10H2,1-2H3/t17-/m0/s1. The second-order valence-electron chi connectivity index (χ2n) is 5.41. The van der Waals surface area contributed by atoms with E-state index in [0.29, 0.717) is 11.1 Å². The fraction of sp³-hybridized carbons (Fsp3) is 0.222. The Morgan fingerprint density at radius 2 is 1.86 bits per heavy atom. The molecule has 0 spiro atoms. The first kappa shape index (κ1) is 13.6. The van der Waals surface area contributed by atoms with Gasteiger partial charge in [-0.3, -0.25) is 4.79 Å². The largest absolute Gasteiger partial charge is 0.453 e. The van der Waals surface area contributed by atoms with Crippen LogP contribution in [0.3, 0.4) is 0 Å². The highest BCUT2D eigenvalue weighted by atomic mass is 16.5. The molecule has 21 heavy (non-hydrogen) atoms. The number of carbonyl (C=O) groups excluding carboxylic acids is 2. The zero-order valence-electron chi connectivity index (χ0n) is 12.1. The number of carbonyl (C=O) groups is 2. The third-order valence-corrected chi connectivity index (χ3v) is 3.98. The number of rotatable bonds is 3. The van der Waals surface area contributed by atoms with Gasteiger partial charge in [0.1, 0.15) is 6.10 Å². The van der Waals surface area contributed by atoms with Gasteiger partial charge in [-0.15, -0.1) is 0 Å². The number of ether oxygens (including phenoxy) is 1. The summed E-state index contributed by atoms with van der Waals surface area (Å²) in [5.41, 5.74) is 4.28. The van der Waals surface area contributed by atoms with Gasteiger partial charge in [0.05, 0.1) is 12.0 Å². The van der Waals surface area contributed by atoms with E-state index in [4.69, 9.17) is 4.74 Å². The summed E-state index contributed by atoms with van der Waals surface area (Å²) < 4.78 is 5.32. The van der Waals surface area contributed by atoms with Gasteiger partial charge >= 0.3 is 5.97 Å². The number of Topliss-reactive ketones (excluding diaryl/α,β-unsaturated/α-hetero) is 1. The van der Waals surface area contributed by atoms with Gasteiger partial charge in [-0.05, 0) is 37.1 Å². The van der Waals surface area contributed by atoms with Crippen molar-refractivity contribution in [2.45, 2.75) is 26.4 Å². The van der Waals surface area contributed by atoms with E-state index in [1.807, 2.05) is 44.2 Å². The molecule has 0 bridgehead atoms. The van der Waals surface area contributed by atoms with Gasteiger partial charge < -0.3 is 4.74 Å². The molecular formula is C18H16O3. The summed E-state index contributed by atoms with van der Waals surface area (Å²) in [5, 5.41) is 0. The third-order valence-electron chi connectivity index (χ3n) is 3.98. The molecule has 0 unspecified atom stereocenters. The van der Waals surface area contributed by atoms with Gasteiger partial charge in [-0.1, -0.05) is 30.3 Å². The van der Waals surface area contributed by atoms with Gasteiger partial charge in [0.15, 0.2) is 5.78 Å². The second-order valence-corrected chi connectivity index (χ2v) is 5.41. The topological polar surface area (TPSA) is 43.4 Å². The Hall–Kier alpha value is -2.42. The summed E-state index contributed by atoms with van der Waals surface area (Å²) in [6.45, 7) is 4.00. The van der Waals surface area contributed by atoms with Crippen LogP contribution in [0.15, 0.2) is 42.5 Å². The van der Waals surface area contributed by atoms with Crippen molar-refractivity contribution in [2.24, 2.45) is 0 Å². The summed E-state index contributed by atoms with van der Waals surface area (Å²) in [7, 11) is 0. The van der Waals surface area contributed by atoms with Crippen molar-refractivity contribution in [1.29, 1.82) is 0 Å². The van der Waals surface area contributed by atoms with Crippen molar-refractivity contribution < 1.29 is 14.3 Å². The molecule has 0 amide bonds. The highest BCUT2D eigenvalue weighted by molar-refractivity contribution is 5.99. The molecule has 1 aliphatic rings. The molecule has 3 heteroatoms. The maximum absolute atomic E-state index is 12.4. The third kappa shape index (κ3) is 2.47. The normalized spacial score (nSPS) is 16.5. The number of esters is 1. The molecule has 3 nitrogen and oxygen atoms in total. The number of hydrogen-bond donors (Lipinski definition) is 0. The fourth-order valence-corrected chi connectivity index (χ4v) is 2.57. The second kappa shape index (κ2) is 5.17. The Labute approximate surface area is 123 Å². The molecule has 2 aromatic rings. The molecule has 0 saturated heterocycles. The van der Waals surface area contributed by atoms with Gasteiger partial charge in [-0.25, -0.2) is 4.79 Å². The van der Waals surface area contributed by atoms with Crippen molar-refractivity contribution in [3.63, 3.8) is 0 Å². The number of aryl methyl sites for hydroxylation is 2. The lowest BCUT2D eigenvalue weighted by Gasteiger charge is -2.10. The molecule has 2 aromatic carbocycles. The van der Waals surface area contributed by atoms with Crippen LogP contribution < -0.4 is 0 Å². The summed E-state index contributed by atoms with van der Waals surface area (Å²) in [4.78, 5) is 24.1. The van der Waals surface area contributed by atoms with E-state index in [1.165, 1.54) is 0 Å². The minimum Gasteiger partial charge on any atom is -0.453 e. The van der Waals surface area contributed by atoms with Crippen molar-refractivity contribution in [2.75, 3.05) is 0 Å². The van der Waals surface area contributed by atoms with Crippen LogP contribution in [0, 0.1) is 13.8 Å². The smallest absolute Gasteiger partial charge is 0.339 e. The highest BCUT2D eigenvalue weighted by Gasteiger charge is 2.32. The summed E-state index contributed by atoms with van der Waals surface area (Å²) in [6.07, 6.45) is -0.284. The number of cyclic esters (lactones) is 1. The van der Waals surface area contributed by atoms with Crippen LogP contribution in [0.25, 0.3) is 0 Å². The lowest BCUT2D eigenvalue weighted by molar-refractivity contribution is 0.0367. The average molecular weight is 280 g/mol. The van der Waals surface area contributed by atoms with Gasteiger partial charge in [-0.2, -0.15) is 0 Å². The Balaban J connectivity index is 1.83. The maximum atomic E-state index is 12.4. The van der Waals surface area contributed by atoms with Crippen LogP contribution in [0.2, 0.25) is 0 Å². The van der Waals surface area contributed by atoms with Crippen LogP contribution in [0.1, 0.15) is 49.9 Å². The quantitative estimate of drug-likeness (QED) is 0.634. The molecule has 0 aromatic heterocycles. The minimum absolute atomic E-state index is 0.00685. The van der Waals surface area contributed by atoms with E-state index in [0.717, 1.165) is 16.7 Å². The van der Waals surface area contributed by atoms with E-state index < -0.39 is 6.10 Å². The predicted octanol–water partition coefficient (Wildman–Crippen LogP) is 3.79. The number of fused-ring (bicyclic) bond motifs is 1. The molecule has 0 saturated carbocycles. The minimum atomic E-state index is -0.470. The van der Waals surface area contributed by atoms with Crippen molar-refractivity contribution >= 4 is 11.8 Å². The zero-order chi connectivity index (χ0) is 15.0. The van der Waals surface area contributed by atoms with Gasteiger partial charge in [0, 0.05) is 11.1 Å². The summed E-state index contributed by atoms with van der Waals surface area (Å²) in [5.74, 6) is -0.351. The molecule has 0 N–H and O–H groups in total. The molecule has 0 aliphatic carbocycles. The van der Waals surface area contributed by atoms with E-state index in [9.17, 15) is 9.59 Å². The SMILES string of the molecule is Cc1ccc(C(=O)C[C@@H]2OC(=O)c3ccccc32)cc1C. The first-order valence-corrected chi connectivity index (χ1v) is 6.96. The average Bonchev–Trinajstić information content (AvgIpc) is 2.79. The Kier molecular flexibility index (Phi) is 3.34. The lowest BCUT2D eigenvalue weighted by Crippen LogP contribution is -2.08. The molecule has 1 aliphatic heterocycles. The summed E-state index contributed by atoms with van der Waals surface area (Å²) in [6, 6.07) is 12.9. The lowest BCUT2D eigenvalue weighted by atomic mass is 9.97. The molecule has 0 fully saturated rings. The Morgan fingerprint density at radius 3 is 2.62 bits per heavy atom. The molecule has 1 heterocycles. The van der Waals surface area contributed by atoms with E-state index in [-0.39, 0.29) is 18.2 Å². The highest BCUT2D eigenvalue weighted by Crippen LogP contribution is 2.33. The first-order chi connectivity index (χ1) is 10.1. The van der Waals surface area contributed by atoms with Crippen LogP contribution in [-0.4, -0.2) is 11.8 Å². The van der Waals surface area contributed by atoms with Crippen LogP contribution in [0.4, 0.5) is 0 Å². The summed E-state index contributed by atoms with van der Waals surface area (Å²) >= 11 is 0. The zero-order valence-corrected chi connectivity index (χ0v) is 12.1. The van der Waals surface area contributed by atoms with Crippen LogP contribution in [-0.2, 0) is 4.74 Å². The van der Waals surface area contributed by atoms with Crippen molar-refractivity contribution in [3.8, 4) is 0 Å². The monoisotopic (exact) mass is 280 g/mol. The van der Waals surface area contributed by atoms with Crippen molar-refractivity contribution in [1.82, 2.24) is 0 Å². The molecule has 106 valence electrons. The number of ketones is 1. The Morgan fingerprint density at radius 1 is 1.10 bits per heavy atom. The van der Waals surface area contributed by atoms with E-state index in [1.54, 1.807) is 12.1 Å². The van der Waals surface area contributed by atoms with E-state index >= 15 is 0 Å². The van der Waals surface area contributed by atoms with Crippen molar-refractivity contribution in [3.05, 3.63) is 70.3 Å². The van der Waals surface area contributed by atoms with E-state index in [2.05, 4.69) is 0 Å². The predicted molar refractivity (Wildman–Crippen MR) is 79.5 cm³/mol. The first-order valence-electron chi connectivity index (χ1n) is 6.96. The number of benzene rings is 2. The van der Waals surface area contributed by atoms with Gasteiger partial charge in [0.25, 0.3) is 0 Å².